The van der Waals surface area contributed by atoms with Gasteiger partial charge in [-0.15, -0.1) is 0 Å². The minimum Gasteiger partial charge on any atom is -0.347 e. The van der Waals surface area contributed by atoms with E-state index in [9.17, 15) is 4.79 Å². The zero-order valence-corrected chi connectivity index (χ0v) is 5.51. The van der Waals surface area contributed by atoms with Gasteiger partial charge in [-0.1, -0.05) is 0 Å². The molecule has 0 heterocycles. The maximum Gasteiger partial charge on any atom is 0.238 e. The molecule has 0 rings (SSSR count). The summed E-state index contributed by atoms with van der Waals surface area (Å²) in [6.07, 6.45) is 0. The molecule has 3 heteroatoms. The normalized spacial score (nSPS) is 13.0. The third kappa shape index (κ3) is 1.93. The van der Waals surface area contributed by atoms with Crippen molar-refractivity contribution >= 4 is 5.91 Å². The fourth-order valence-electron chi connectivity index (χ4n) is 0.407. The Balaban J connectivity index is 3.65. The van der Waals surface area contributed by atoms with E-state index >= 15 is 0 Å². The molecule has 48 valence electrons. The highest BCUT2D eigenvalue weighted by Crippen LogP contribution is 1.81. The second-order valence-corrected chi connectivity index (χ2v) is 2.02. The van der Waals surface area contributed by atoms with Gasteiger partial charge < -0.3 is 10.6 Å². The Morgan fingerprint density at radius 2 is 2.00 bits per heavy atom. The van der Waals surface area contributed by atoms with E-state index in [4.69, 9.17) is 5.73 Å². The Morgan fingerprint density at radius 1 is 1.62 bits per heavy atom. The molecular weight excluding hydrogens is 104 g/mol. The molecule has 1 atom stereocenters. The summed E-state index contributed by atoms with van der Waals surface area (Å²) in [7, 11) is 3.37. The summed E-state index contributed by atoms with van der Waals surface area (Å²) >= 11 is 0. The van der Waals surface area contributed by atoms with E-state index in [0.29, 0.717) is 0 Å². The van der Waals surface area contributed by atoms with Crippen molar-refractivity contribution in [3.05, 3.63) is 0 Å². The van der Waals surface area contributed by atoms with Crippen molar-refractivity contribution in [2.45, 2.75) is 13.0 Å². The van der Waals surface area contributed by atoms with E-state index in [1.54, 1.807) is 21.0 Å². The van der Waals surface area contributed by atoms with Crippen LogP contribution in [-0.2, 0) is 4.79 Å². The van der Waals surface area contributed by atoms with Crippen molar-refractivity contribution in [1.29, 1.82) is 0 Å². The Bertz CT molecular complexity index is 78.4. The van der Waals surface area contributed by atoms with Crippen LogP contribution in [0.25, 0.3) is 0 Å². The predicted octanol–water partition coefficient (Wildman–Crippen LogP) is -0.578. The molecule has 0 spiro atoms. The Hall–Kier alpha value is -0.570. The Kier molecular flexibility index (Phi) is 2.48. The van der Waals surface area contributed by atoms with Crippen LogP contribution in [0.5, 0.6) is 0 Å². The zero-order chi connectivity index (χ0) is 6.73. The van der Waals surface area contributed by atoms with Gasteiger partial charge in [-0.2, -0.15) is 0 Å². The van der Waals surface area contributed by atoms with Crippen LogP contribution >= 0.6 is 0 Å². The first-order valence-corrected chi connectivity index (χ1v) is 2.52. The molecule has 2 N–H and O–H groups in total. The average molecular weight is 116 g/mol. The lowest BCUT2D eigenvalue weighted by Crippen LogP contribution is -2.37. The lowest BCUT2D eigenvalue weighted by atomic mass is 10.3. The highest BCUT2D eigenvalue weighted by atomic mass is 16.2. The van der Waals surface area contributed by atoms with Gasteiger partial charge in [0.2, 0.25) is 5.91 Å². The molecule has 0 bridgehead atoms. The van der Waals surface area contributed by atoms with Gasteiger partial charge in [-0.3, -0.25) is 4.79 Å². The number of nitrogens with zero attached hydrogens (tertiary/aromatic N) is 1. The summed E-state index contributed by atoms with van der Waals surface area (Å²) in [5.74, 6) is -0.0370. The van der Waals surface area contributed by atoms with Crippen LogP contribution in [0.2, 0.25) is 0 Å². The summed E-state index contributed by atoms with van der Waals surface area (Å²) in [5.41, 5.74) is 5.25. The largest absolute Gasteiger partial charge is 0.347 e. The maximum absolute atomic E-state index is 10.6. The summed E-state index contributed by atoms with van der Waals surface area (Å²) in [4.78, 5) is 12.1. The Morgan fingerprint density at radius 3 is 2.00 bits per heavy atom. The molecule has 0 unspecified atom stereocenters. The molecule has 0 fully saturated rings. The molecule has 0 aliphatic carbocycles. The van der Waals surface area contributed by atoms with E-state index in [2.05, 4.69) is 0 Å². The second kappa shape index (κ2) is 2.67. The van der Waals surface area contributed by atoms with Crippen molar-refractivity contribution in [2.75, 3.05) is 14.1 Å². The summed E-state index contributed by atoms with van der Waals surface area (Å²) in [6, 6.07) is -0.370. The van der Waals surface area contributed by atoms with Crippen LogP contribution in [0.1, 0.15) is 6.92 Å². The average Bonchev–Trinajstić information content (AvgIpc) is 1.64. The first-order chi connectivity index (χ1) is 3.55. The molecule has 3 nitrogen and oxygen atoms in total. The van der Waals surface area contributed by atoms with Gasteiger partial charge in [0.1, 0.15) is 0 Å². The van der Waals surface area contributed by atoms with Crippen LogP contribution < -0.4 is 5.73 Å². The second-order valence-electron chi connectivity index (χ2n) is 2.02. The molecule has 8 heavy (non-hydrogen) atoms. The lowest BCUT2D eigenvalue weighted by molar-refractivity contribution is -0.129. The van der Waals surface area contributed by atoms with Gasteiger partial charge >= 0.3 is 0 Å². The predicted molar refractivity (Wildman–Crippen MR) is 32.3 cm³/mol. The van der Waals surface area contributed by atoms with Crippen molar-refractivity contribution < 1.29 is 4.79 Å². The highest BCUT2D eigenvalue weighted by molar-refractivity contribution is 5.80. The molecule has 1 amide bonds. The molecule has 0 aromatic carbocycles. The number of nitrogens with two attached hydrogens (primary N) is 1. The number of carbonyl (C=O) groups excluding carboxylic acids is 1. The molecular formula is C5H12N2O. The van der Waals surface area contributed by atoms with Gasteiger partial charge in [0, 0.05) is 14.1 Å². The smallest absolute Gasteiger partial charge is 0.238 e. The van der Waals surface area contributed by atoms with Gasteiger partial charge in [0.05, 0.1) is 6.04 Å². The number of amides is 1. The van der Waals surface area contributed by atoms with Gasteiger partial charge in [-0.05, 0) is 6.92 Å². The molecule has 0 aliphatic rings. The van der Waals surface area contributed by atoms with E-state index in [1.165, 1.54) is 4.90 Å². The van der Waals surface area contributed by atoms with Gasteiger partial charge in [0.25, 0.3) is 0 Å². The van der Waals surface area contributed by atoms with Crippen molar-refractivity contribution in [1.82, 2.24) is 4.90 Å². The van der Waals surface area contributed by atoms with Crippen molar-refractivity contribution in [3.8, 4) is 0 Å². The fraction of sp³-hybridized carbons (Fsp3) is 0.800. The lowest BCUT2D eigenvalue weighted by Gasteiger charge is -2.11. The monoisotopic (exact) mass is 116 g/mol. The number of hydrogen-bond donors (Lipinski definition) is 1. The van der Waals surface area contributed by atoms with Gasteiger partial charge in [-0.25, -0.2) is 0 Å². The SMILES string of the molecule is C[C@@H](N)C(=O)N(C)C. The van der Waals surface area contributed by atoms with Gasteiger partial charge in [0.15, 0.2) is 0 Å². The first kappa shape index (κ1) is 7.43. The summed E-state index contributed by atoms with van der Waals surface area (Å²) in [6.45, 7) is 1.67. The third-order valence-corrected chi connectivity index (χ3v) is 0.830. The molecule has 0 saturated carbocycles. The number of likely N-dealkylation sites (N-methyl/N-ethyl adjacent to an activating group) is 1. The van der Waals surface area contributed by atoms with E-state index in [1.807, 2.05) is 0 Å². The van der Waals surface area contributed by atoms with Crippen molar-refractivity contribution in [3.63, 3.8) is 0 Å². The minimum atomic E-state index is -0.370. The molecule has 0 aromatic heterocycles. The minimum absolute atomic E-state index is 0.0370. The zero-order valence-electron chi connectivity index (χ0n) is 5.51. The summed E-state index contributed by atoms with van der Waals surface area (Å²) in [5, 5.41) is 0. The standard InChI is InChI=1S/C5H12N2O/c1-4(6)5(8)7(2)3/h4H,6H2,1-3H3/t4-/m1/s1. The molecule has 0 radical (unpaired) electrons. The highest BCUT2D eigenvalue weighted by Gasteiger charge is 2.07. The van der Waals surface area contributed by atoms with E-state index in [0.717, 1.165) is 0 Å². The van der Waals surface area contributed by atoms with Crippen LogP contribution in [0, 0.1) is 0 Å². The fourth-order valence-corrected chi connectivity index (χ4v) is 0.407. The number of rotatable bonds is 1. The van der Waals surface area contributed by atoms with Crippen LogP contribution in [0.4, 0.5) is 0 Å². The maximum atomic E-state index is 10.6. The van der Waals surface area contributed by atoms with Crippen LogP contribution in [0.3, 0.4) is 0 Å². The molecule has 0 saturated heterocycles. The molecule has 0 aliphatic heterocycles. The first-order valence-electron chi connectivity index (χ1n) is 2.52. The van der Waals surface area contributed by atoms with Crippen LogP contribution in [-0.4, -0.2) is 30.9 Å². The number of carbonyl (C=O) groups is 1. The number of hydrogen-bond acceptors (Lipinski definition) is 2. The van der Waals surface area contributed by atoms with Crippen molar-refractivity contribution in [2.24, 2.45) is 5.73 Å². The molecule has 0 aromatic rings. The van der Waals surface area contributed by atoms with E-state index < -0.39 is 0 Å². The third-order valence-electron chi connectivity index (χ3n) is 0.830. The Labute approximate surface area is 49.5 Å². The van der Waals surface area contributed by atoms with Crippen LogP contribution in [0.15, 0.2) is 0 Å². The van der Waals surface area contributed by atoms with E-state index in [-0.39, 0.29) is 11.9 Å². The summed E-state index contributed by atoms with van der Waals surface area (Å²) < 4.78 is 0. The quantitative estimate of drug-likeness (QED) is 0.498. The topological polar surface area (TPSA) is 46.3 Å².